The van der Waals surface area contributed by atoms with Gasteiger partial charge in [-0.3, -0.25) is 4.79 Å². The molecule has 0 amide bonds. The lowest BCUT2D eigenvalue weighted by Crippen LogP contribution is -2.65. The zero-order valence-electron chi connectivity index (χ0n) is 22.2. The van der Waals surface area contributed by atoms with E-state index in [2.05, 4.69) is 20.8 Å². The lowest BCUT2D eigenvalue weighted by molar-refractivity contribution is -0.201. The van der Waals surface area contributed by atoms with Crippen molar-refractivity contribution >= 4 is 11.8 Å². The molecule has 0 aromatic carbocycles. The van der Waals surface area contributed by atoms with Gasteiger partial charge in [0.05, 0.1) is 12.0 Å². The van der Waals surface area contributed by atoms with Crippen molar-refractivity contribution in [1.82, 2.24) is 0 Å². The smallest absolute Gasteiger partial charge is 0.331 e. The van der Waals surface area contributed by atoms with Crippen LogP contribution in [0.5, 0.6) is 0 Å². The topological polar surface area (TPSA) is 104 Å². The van der Waals surface area contributed by atoms with Gasteiger partial charge >= 0.3 is 5.97 Å². The number of rotatable bonds is 8. The van der Waals surface area contributed by atoms with E-state index in [1.807, 2.05) is 13.0 Å². The first-order valence-electron chi connectivity index (χ1n) is 13.5. The van der Waals surface area contributed by atoms with Crippen molar-refractivity contribution in [1.29, 1.82) is 0 Å². The van der Waals surface area contributed by atoms with E-state index in [1.54, 1.807) is 31.2 Å². The van der Waals surface area contributed by atoms with Gasteiger partial charge in [0.25, 0.3) is 0 Å². The summed E-state index contributed by atoms with van der Waals surface area (Å²) in [6.07, 6.45) is 12.4. The molecule has 8 atom stereocenters. The van der Waals surface area contributed by atoms with Crippen molar-refractivity contribution in [2.45, 2.75) is 84.5 Å². The maximum absolute atomic E-state index is 14.3. The highest BCUT2D eigenvalue weighted by atomic mass is 16.6. The van der Waals surface area contributed by atoms with Crippen LogP contribution >= 0.6 is 0 Å². The summed E-state index contributed by atoms with van der Waals surface area (Å²) in [7, 11) is 0. The van der Waals surface area contributed by atoms with E-state index in [-0.39, 0.29) is 28.6 Å². The normalized spacial score (nSPS) is 40.8. The summed E-state index contributed by atoms with van der Waals surface area (Å²) < 4.78 is 5.76. The third-order valence-electron chi connectivity index (χ3n) is 9.58. The minimum Gasteiger partial charge on any atom is -0.451 e. The fourth-order valence-electron chi connectivity index (χ4n) is 7.57. The average molecular weight is 499 g/mol. The van der Waals surface area contributed by atoms with Crippen LogP contribution in [-0.2, 0) is 14.3 Å². The number of hydrogen-bond donors (Lipinski definition) is 3. The lowest BCUT2D eigenvalue weighted by atomic mass is 9.59. The van der Waals surface area contributed by atoms with Crippen LogP contribution < -0.4 is 0 Å². The third kappa shape index (κ3) is 3.88. The number of allylic oxidation sites excluding steroid dienone is 4. The second-order valence-corrected chi connectivity index (χ2v) is 12.0. The summed E-state index contributed by atoms with van der Waals surface area (Å²) in [5.41, 5.74) is -2.79. The van der Waals surface area contributed by atoms with E-state index in [9.17, 15) is 24.9 Å². The Bertz CT molecular complexity index is 1020. The highest BCUT2D eigenvalue weighted by molar-refractivity contribution is 5.95. The zero-order valence-corrected chi connectivity index (χ0v) is 22.2. The Morgan fingerprint density at radius 3 is 2.64 bits per heavy atom. The number of Topliss-reactive ketones (excluding diaryl/α,β-unsaturated/α-hetero) is 1. The number of aliphatic hydroxyl groups is 3. The molecule has 0 heterocycles. The molecule has 6 heteroatoms. The van der Waals surface area contributed by atoms with Gasteiger partial charge in [0.2, 0.25) is 0 Å². The van der Waals surface area contributed by atoms with E-state index in [0.717, 1.165) is 32.1 Å². The van der Waals surface area contributed by atoms with Crippen LogP contribution in [0.3, 0.4) is 0 Å². The molecule has 2 saturated carbocycles. The molecule has 0 radical (unpaired) electrons. The number of fused-ring (bicyclic) bond motifs is 3. The molecule has 4 aliphatic carbocycles. The number of ether oxygens (including phenoxy) is 1. The van der Waals surface area contributed by atoms with Crippen molar-refractivity contribution < 1.29 is 29.6 Å². The van der Waals surface area contributed by atoms with Gasteiger partial charge in [0.15, 0.2) is 17.5 Å². The second-order valence-electron chi connectivity index (χ2n) is 12.0. The van der Waals surface area contributed by atoms with Crippen LogP contribution in [0.4, 0.5) is 0 Å². The van der Waals surface area contributed by atoms with Crippen LogP contribution in [0.25, 0.3) is 0 Å². The number of ketones is 1. The number of esters is 1. The molecule has 6 nitrogen and oxygen atoms in total. The van der Waals surface area contributed by atoms with Gasteiger partial charge in [-0.2, -0.15) is 0 Å². The maximum atomic E-state index is 14.3. The van der Waals surface area contributed by atoms with Crippen LogP contribution in [0.2, 0.25) is 0 Å². The molecule has 0 aromatic heterocycles. The molecule has 2 bridgehead atoms. The SMILES string of the molecule is CCCCC/C=C/C=C/C(=O)O[C@H]1C(C)=CC23C(=O)[C@H](C=C(CO)[C@@H](O)[C@]12O)[C@H]1C(C[C@H]3C)C1(C)C. The van der Waals surface area contributed by atoms with Crippen molar-refractivity contribution in [2.75, 3.05) is 6.61 Å². The molecule has 36 heavy (non-hydrogen) atoms. The van der Waals surface area contributed by atoms with E-state index >= 15 is 0 Å². The molecular weight excluding hydrogens is 456 g/mol. The van der Waals surface area contributed by atoms with Crippen LogP contribution in [0.1, 0.15) is 66.7 Å². The molecule has 2 unspecified atom stereocenters. The zero-order chi connectivity index (χ0) is 26.5. The van der Waals surface area contributed by atoms with E-state index in [4.69, 9.17) is 4.74 Å². The molecule has 3 N–H and O–H groups in total. The Kier molecular flexibility index (Phi) is 7.28. The number of aliphatic hydroxyl groups excluding tert-OH is 2. The Labute approximate surface area is 214 Å². The molecule has 4 aliphatic rings. The summed E-state index contributed by atoms with van der Waals surface area (Å²) >= 11 is 0. The summed E-state index contributed by atoms with van der Waals surface area (Å²) in [6.45, 7) is 9.66. The fraction of sp³-hybridized carbons (Fsp3) is 0.667. The molecule has 0 aliphatic heterocycles. The second kappa shape index (κ2) is 9.70. The Morgan fingerprint density at radius 1 is 1.25 bits per heavy atom. The summed E-state index contributed by atoms with van der Waals surface area (Å²) in [6, 6.07) is 0. The first kappa shape index (κ1) is 27.0. The number of unbranched alkanes of at least 4 members (excludes halogenated alkanes) is 3. The van der Waals surface area contributed by atoms with Gasteiger partial charge in [-0.1, -0.05) is 70.9 Å². The van der Waals surface area contributed by atoms with E-state index in [1.165, 1.54) is 6.08 Å². The van der Waals surface area contributed by atoms with Crippen molar-refractivity contribution in [2.24, 2.45) is 34.5 Å². The minimum absolute atomic E-state index is 0.0290. The Morgan fingerprint density at radius 2 is 1.97 bits per heavy atom. The minimum atomic E-state index is -2.10. The molecule has 198 valence electrons. The fourth-order valence-corrected chi connectivity index (χ4v) is 7.57. The monoisotopic (exact) mass is 498 g/mol. The molecular formula is C30H42O6. The van der Waals surface area contributed by atoms with Gasteiger partial charge < -0.3 is 20.1 Å². The Balaban J connectivity index is 1.66. The lowest BCUT2D eigenvalue weighted by Gasteiger charge is -2.48. The van der Waals surface area contributed by atoms with Gasteiger partial charge in [-0.15, -0.1) is 0 Å². The average Bonchev–Trinajstić information content (AvgIpc) is 3.32. The van der Waals surface area contributed by atoms with Crippen molar-refractivity contribution in [3.05, 3.63) is 47.6 Å². The molecule has 0 saturated heterocycles. The largest absolute Gasteiger partial charge is 0.451 e. The molecule has 1 spiro atoms. The number of hydrogen-bond acceptors (Lipinski definition) is 6. The Hall–Kier alpha value is -2.02. The van der Waals surface area contributed by atoms with Crippen molar-refractivity contribution in [3.63, 3.8) is 0 Å². The predicted octanol–water partition coefficient (Wildman–Crippen LogP) is 4.06. The summed E-state index contributed by atoms with van der Waals surface area (Å²) in [5, 5.41) is 34.0. The highest BCUT2D eigenvalue weighted by Crippen LogP contribution is 2.71. The summed E-state index contributed by atoms with van der Waals surface area (Å²) in [4.78, 5) is 27.1. The predicted molar refractivity (Wildman–Crippen MR) is 138 cm³/mol. The van der Waals surface area contributed by atoms with Gasteiger partial charge in [0, 0.05) is 12.0 Å². The van der Waals surface area contributed by atoms with E-state index < -0.39 is 41.7 Å². The van der Waals surface area contributed by atoms with Crippen LogP contribution in [0, 0.1) is 34.5 Å². The van der Waals surface area contributed by atoms with Crippen molar-refractivity contribution in [3.8, 4) is 0 Å². The number of carbonyl (C=O) groups is 2. The molecule has 0 aromatic rings. The van der Waals surface area contributed by atoms with Gasteiger partial charge in [-0.25, -0.2) is 4.79 Å². The molecule has 4 rings (SSSR count). The standard InChI is InChI=1S/C30H42O6/c1-6-7-8-9-10-11-12-13-23(32)36-27-18(2)16-29-19(3)14-22-24(28(22,4)5)21(26(29)34)15-20(17-31)25(33)30(27,29)35/h10-13,15-16,19,21-22,24-25,27,31,33,35H,6-9,14,17H2,1-5H3/b11-10+,13-12+/t19-,21-,22?,24+,25-,27+,29?,30+/m1/s1. The first-order chi connectivity index (χ1) is 17.0. The first-order valence-corrected chi connectivity index (χ1v) is 13.5. The molecule has 2 fully saturated rings. The third-order valence-corrected chi connectivity index (χ3v) is 9.58. The van der Waals surface area contributed by atoms with E-state index in [0.29, 0.717) is 11.5 Å². The van der Waals surface area contributed by atoms with Gasteiger partial charge in [-0.05, 0) is 60.5 Å². The van der Waals surface area contributed by atoms with Gasteiger partial charge in [0.1, 0.15) is 6.10 Å². The summed E-state index contributed by atoms with van der Waals surface area (Å²) in [5.74, 6) is -1.21. The quantitative estimate of drug-likeness (QED) is 0.153. The maximum Gasteiger partial charge on any atom is 0.331 e. The highest BCUT2D eigenvalue weighted by Gasteiger charge is 2.76. The number of carbonyl (C=O) groups excluding carboxylic acids is 2. The van der Waals surface area contributed by atoms with Crippen LogP contribution in [-0.4, -0.2) is 51.5 Å². The van der Waals surface area contributed by atoms with Crippen LogP contribution in [0.15, 0.2) is 47.6 Å².